The summed E-state index contributed by atoms with van der Waals surface area (Å²) in [6.45, 7) is 0. The summed E-state index contributed by atoms with van der Waals surface area (Å²) in [6.07, 6.45) is 2.77. The van der Waals surface area contributed by atoms with Crippen LogP contribution in [0.2, 0.25) is 0 Å². The lowest BCUT2D eigenvalue weighted by Gasteiger charge is -2.10. The molecule has 0 radical (unpaired) electrons. The first-order valence-corrected chi connectivity index (χ1v) is 8.08. The van der Waals surface area contributed by atoms with Crippen molar-refractivity contribution >= 4 is 22.4 Å². The van der Waals surface area contributed by atoms with Crippen LogP contribution in [0.1, 0.15) is 17.2 Å². The van der Waals surface area contributed by atoms with Crippen LogP contribution >= 0.6 is 11.3 Å². The highest BCUT2D eigenvalue weighted by Crippen LogP contribution is 2.32. The van der Waals surface area contributed by atoms with E-state index in [4.69, 9.17) is 0 Å². The van der Waals surface area contributed by atoms with Crippen molar-refractivity contribution in [3.63, 3.8) is 0 Å². The van der Waals surface area contributed by atoms with Crippen LogP contribution in [0.25, 0.3) is 21.5 Å². The van der Waals surface area contributed by atoms with Crippen molar-refractivity contribution in [2.45, 2.75) is 6.10 Å². The summed E-state index contributed by atoms with van der Waals surface area (Å²) in [6, 6.07) is 12.8. The Morgan fingerprint density at radius 3 is 2.83 bits per heavy atom. The van der Waals surface area contributed by atoms with Gasteiger partial charge in [-0.15, -0.1) is 11.3 Å². The van der Waals surface area contributed by atoms with E-state index in [2.05, 4.69) is 9.97 Å². The summed E-state index contributed by atoms with van der Waals surface area (Å²) in [4.78, 5) is 8.68. The first-order chi connectivity index (χ1) is 11.2. The molecule has 1 unspecified atom stereocenters. The second-order valence-electron chi connectivity index (χ2n) is 5.34. The average molecular weight is 322 g/mol. The van der Waals surface area contributed by atoms with Crippen molar-refractivity contribution in [1.29, 1.82) is 0 Å². The molecule has 5 heteroatoms. The lowest BCUT2D eigenvalue weighted by molar-refractivity contribution is 0.221. The van der Waals surface area contributed by atoms with Crippen molar-refractivity contribution in [3.05, 3.63) is 71.4 Å². The van der Waals surface area contributed by atoms with E-state index in [1.54, 1.807) is 41.8 Å². The summed E-state index contributed by atoms with van der Waals surface area (Å²) in [5, 5.41) is 23.2. The lowest BCUT2D eigenvalue weighted by atomic mass is 10.0. The maximum absolute atomic E-state index is 10.7. The van der Waals surface area contributed by atoms with E-state index in [9.17, 15) is 10.2 Å². The van der Waals surface area contributed by atoms with Crippen molar-refractivity contribution in [2.24, 2.45) is 0 Å². The van der Waals surface area contributed by atoms with Crippen LogP contribution in [0.5, 0.6) is 5.75 Å². The van der Waals surface area contributed by atoms with Gasteiger partial charge in [0.25, 0.3) is 0 Å². The third-order valence-corrected chi connectivity index (χ3v) is 4.77. The zero-order valence-corrected chi connectivity index (χ0v) is 12.9. The number of thiophene rings is 1. The Hall–Kier alpha value is -2.63. The molecule has 4 rings (SSSR count). The number of aliphatic hydroxyl groups excluding tert-OH is 1. The van der Waals surface area contributed by atoms with Crippen molar-refractivity contribution < 1.29 is 10.2 Å². The standard InChI is InChI=1S/C18H14N2O2S/c21-13-4-1-3-11(7-13)17(22)15-10-20-18-14(15)8-12(9-19-18)16-5-2-6-23-16/h1-10,17,21-22H,(H,19,20). The third-order valence-electron chi connectivity index (χ3n) is 3.85. The van der Waals surface area contributed by atoms with Crippen LogP contribution < -0.4 is 0 Å². The number of benzene rings is 1. The Balaban J connectivity index is 1.82. The van der Waals surface area contributed by atoms with E-state index in [0.717, 1.165) is 27.0 Å². The van der Waals surface area contributed by atoms with Gasteiger partial charge in [-0.3, -0.25) is 0 Å². The molecule has 0 aliphatic rings. The molecule has 3 heterocycles. The normalized spacial score (nSPS) is 12.6. The van der Waals surface area contributed by atoms with Gasteiger partial charge in [-0.2, -0.15) is 0 Å². The summed E-state index contributed by atoms with van der Waals surface area (Å²) in [7, 11) is 0. The summed E-state index contributed by atoms with van der Waals surface area (Å²) in [5.74, 6) is 0.138. The number of phenols is 1. The van der Waals surface area contributed by atoms with E-state index in [0.29, 0.717) is 5.56 Å². The van der Waals surface area contributed by atoms with Crippen LogP contribution in [0.3, 0.4) is 0 Å². The van der Waals surface area contributed by atoms with Gasteiger partial charge in [0, 0.05) is 33.8 Å². The van der Waals surface area contributed by atoms with Crippen molar-refractivity contribution in [3.8, 4) is 16.2 Å². The zero-order valence-electron chi connectivity index (χ0n) is 12.1. The number of rotatable bonds is 3. The molecule has 0 fully saturated rings. The molecule has 0 amide bonds. The number of aromatic nitrogens is 2. The van der Waals surface area contributed by atoms with E-state index < -0.39 is 6.10 Å². The molecular weight excluding hydrogens is 308 g/mol. The Morgan fingerprint density at radius 2 is 2.04 bits per heavy atom. The fourth-order valence-corrected chi connectivity index (χ4v) is 3.41. The monoisotopic (exact) mass is 322 g/mol. The minimum atomic E-state index is -0.823. The van der Waals surface area contributed by atoms with Gasteiger partial charge in [0.15, 0.2) is 0 Å². The van der Waals surface area contributed by atoms with Crippen molar-refractivity contribution in [1.82, 2.24) is 9.97 Å². The number of nitrogens with zero attached hydrogens (tertiary/aromatic N) is 1. The molecule has 0 saturated carbocycles. The quantitative estimate of drug-likeness (QED) is 0.532. The molecule has 0 spiro atoms. The molecule has 4 aromatic rings. The predicted molar refractivity (Wildman–Crippen MR) is 91.6 cm³/mol. The number of fused-ring (bicyclic) bond motifs is 1. The number of hydrogen-bond acceptors (Lipinski definition) is 4. The number of nitrogens with one attached hydrogen (secondary N) is 1. The Bertz CT molecular complexity index is 960. The number of pyridine rings is 1. The zero-order chi connectivity index (χ0) is 15.8. The number of hydrogen-bond donors (Lipinski definition) is 3. The molecule has 0 aliphatic carbocycles. The summed E-state index contributed by atoms with van der Waals surface area (Å²) in [5.41, 5.74) is 3.15. The van der Waals surface area contributed by atoms with Crippen LogP contribution in [-0.4, -0.2) is 20.2 Å². The van der Waals surface area contributed by atoms with Gasteiger partial charge in [-0.05, 0) is 35.2 Å². The highest BCUT2D eigenvalue weighted by Gasteiger charge is 2.17. The minimum Gasteiger partial charge on any atom is -0.508 e. The van der Waals surface area contributed by atoms with Crippen LogP contribution in [0.15, 0.2) is 60.2 Å². The molecule has 1 atom stereocenters. The van der Waals surface area contributed by atoms with Gasteiger partial charge in [0.05, 0.1) is 0 Å². The molecule has 114 valence electrons. The highest BCUT2D eigenvalue weighted by molar-refractivity contribution is 7.13. The molecule has 4 nitrogen and oxygen atoms in total. The molecule has 0 bridgehead atoms. The molecule has 3 N–H and O–H groups in total. The Morgan fingerprint density at radius 1 is 1.13 bits per heavy atom. The predicted octanol–water partition coefficient (Wildman–Crippen LogP) is 4.08. The molecule has 1 aromatic carbocycles. The van der Waals surface area contributed by atoms with Gasteiger partial charge in [0.2, 0.25) is 0 Å². The molecule has 0 saturated heterocycles. The van der Waals surface area contributed by atoms with Gasteiger partial charge in [-0.25, -0.2) is 4.98 Å². The number of aliphatic hydroxyl groups is 1. The van der Waals surface area contributed by atoms with Crippen LogP contribution in [-0.2, 0) is 0 Å². The third kappa shape index (κ3) is 2.50. The average Bonchev–Trinajstić information content (AvgIpc) is 3.23. The highest BCUT2D eigenvalue weighted by atomic mass is 32.1. The fraction of sp³-hybridized carbons (Fsp3) is 0.0556. The lowest BCUT2D eigenvalue weighted by Crippen LogP contribution is -1.98. The van der Waals surface area contributed by atoms with Gasteiger partial charge < -0.3 is 15.2 Å². The van der Waals surface area contributed by atoms with Crippen LogP contribution in [0.4, 0.5) is 0 Å². The van der Waals surface area contributed by atoms with Gasteiger partial charge in [-0.1, -0.05) is 18.2 Å². The second kappa shape index (κ2) is 5.53. The number of aromatic hydroxyl groups is 1. The number of H-pyrrole nitrogens is 1. The minimum absolute atomic E-state index is 0.138. The maximum Gasteiger partial charge on any atom is 0.137 e. The van der Waals surface area contributed by atoms with Gasteiger partial charge in [0.1, 0.15) is 17.5 Å². The first-order valence-electron chi connectivity index (χ1n) is 7.20. The van der Waals surface area contributed by atoms with Crippen molar-refractivity contribution in [2.75, 3.05) is 0 Å². The summed E-state index contributed by atoms with van der Waals surface area (Å²) >= 11 is 1.65. The van der Waals surface area contributed by atoms with Crippen LogP contribution in [0, 0.1) is 0 Å². The van der Waals surface area contributed by atoms with E-state index >= 15 is 0 Å². The van der Waals surface area contributed by atoms with Gasteiger partial charge >= 0.3 is 0 Å². The smallest absolute Gasteiger partial charge is 0.137 e. The molecule has 3 aromatic heterocycles. The fourth-order valence-electron chi connectivity index (χ4n) is 2.70. The number of phenolic OH excluding ortho intramolecular Hbond substituents is 1. The molecule has 0 aliphatic heterocycles. The second-order valence-corrected chi connectivity index (χ2v) is 6.29. The van der Waals surface area contributed by atoms with E-state index in [-0.39, 0.29) is 5.75 Å². The molecule has 23 heavy (non-hydrogen) atoms. The van der Waals surface area contributed by atoms with E-state index in [1.165, 1.54) is 0 Å². The maximum atomic E-state index is 10.7. The van der Waals surface area contributed by atoms with E-state index in [1.807, 2.05) is 29.8 Å². The topological polar surface area (TPSA) is 69.1 Å². The first kappa shape index (κ1) is 14.0. The number of aromatic amines is 1. The largest absolute Gasteiger partial charge is 0.508 e. The SMILES string of the molecule is Oc1cccc(C(O)c2c[nH]c3ncc(-c4cccs4)cc23)c1. The molecular formula is C18H14N2O2S. The Kier molecular flexibility index (Phi) is 3.37. The Labute approximate surface area is 136 Å². The summed E-state index contributed by atoms with van der Waals surface area (Å²) < 4.78 is 0.